The Morgan fingerprint density at radius 2 is 1.87 bits per heavy atom. The van der Waals surface area contributed by atoms with Crippen molar-refractivity contribution in [1.29, 1.82) is 0 Å². The molecule has 0 bridgehead atoms. The van der Waals surface area contributed by atoms with Crippen molar-refractivity contribution in [3.63, 3.8) is 0 Å². The van der Waals surface area contributed by atoms with Crippen molar-refractivity contribution >= 4 is 20.5 Å². The monoisotopic (exact) mass is 242 g/mol. The van der Waals surface area contributed by atoms with Crippen molar-refractivity contribution in [1.82, 2.24) is 0 Å². The van der Waals surface area contributed by atoms with Gasteiger partial charge in [-0.3, -0.25) is 0 Å². The minimum atomic E-state index is -3.38. The van der Waals surface area contributed by atoms with E-state index in [2.05, 4.69) is 9.47 Å². The van der Waals surface area contributed by atoms with Crippen LogP contribution < -0.4 is 0 Å². The molecule has 0 amide bonds. The van der Waals surface area contributed by atoms with Gasteiger partial charge in [-0.25, -0.2) is 9.59 Å². The molecule has 88 valence electrons. The second kappa shape index (κ2) is 7.51. The third-order valence-electron chi connectivity index (χ3n) is 1.41. The summed E-state index contributed by atoms with van der Waals surface area (Å²) in [7, 11) is -3.38. The zero-order valence-electron chi connectivity index (χ0n) is 8.53. The number of carbonyl (C=O) groups excluding carboxylic acids is 2. The van der Waals surface area contributed by atoms with Crippen molar-refractivity contribution in [3.05, 3.63) is 0 Å². The van der Waals surface area contributed by atoms with Gasteiger partial charge in [0.15, 0.2) is 5.85 Å². The number of carbonyl (C=O) groups is 2. The zero-order valence-corrected chi connectivity index (χ0v) is 9.43. The Labute approximate surface area is 87.9 Å². The molecule has 0 aromatic heterocycles. The van der Waals surface area contributed by atoms with Crippen LogP contribution in [0.4, 0.5) is 8.39 Å². The van der Waals surface area contributed by atoms with Gasteiger partial charge in [-0.2, -0.15) is 8.39 Å². The van der Waals surface area contributed by atoms with E-state index in [4.69, 9.17) is 0 Å². The molecule has 0 aliphatic carbocycles. The van der Waals surface area contributed by atoms with Crippen LogP contribution in [-0.4, -0.2) is 24.4 Å². The van der Waals surface area contributed by atoms with Gasteiger partial charge in [0.1, 0.15) is 0 Å². The van der Waals surface area contributed by atoms with Crippen LogP contribution in [-0.2, 0) is 19.1 Å². The Morgan fingerprint density at radius 1 is 1.27 bits per heavy atom. The summed E-state index contributed by atoms with van der Waals surface area (Å²) < 4.78 is 33.1. The van der Waals surface area contributed by atoms with E-state index in [0.29, 0.717) is 6.42 Å². The Balaban J connectivity index is 4.04. The summed E-state index contributed by atoms with van der Waals surface area (Å²) in [6.07, 6.45) is 0.528. The minimum absolute atomic E-state index is 0.0223. The van der Waals surface area contributed by atoms with Crippen molar-refractivity contribution < 1.29 is 27.5 Å². The van der Waals surface area contributed by atoms with Gasteiger partial charge in [-0.15, -0.1) is 0 Å². The van der Waals surface area contributed by atoms with E-state index in [1.807, 2.05) is 0 Å². The molecular weight excluding hydrogens is 229 g/mol. The van der Waals surface area contributed by atoms with E-state index in [0.717, 1.165) is 0 Å². The third kappa shape index (κ3) is 5.62. The predicted octanol–water partition coefficient (Wildman–Crippen LogP) is 2.47. The summed E-state index contributed by atoms with van der Waals surface area (Å²) in [6, 6.07) is 0. The molecule has 0 aromatic rings. The van der Waals surface area contributed by atoms with Gasteiger partial charge in [0.25, 0.3) is 0 Å². The number of hydrogen-bond acceptors (Lipinski definition) is 4. The fourth-order valence-electron chi connectivity index (χ4n) is 0.687. The normalized spacial score (nSPS) is 12.3. The number of ether oxygens (including phenoxy) is 2. The maximum atomic E-state index is 12.2. The number of rotatable bonds is 5. The molecule has 0 N–H and O–H groups in total. The lowest BCUT2D eigenvalue weighted by atomic mass is 10.5. The van der Waals surface area contributed by atoms with Gasteiger partial charge in [0, 0.05) is 0 Å². The molecule has 1 unspecified atom stereocenters. The van der Waals surface area contributed by atoms with E-state index in [1.54, 1.807) is 6.92 Å². The van der Waals surface area contributed by atoms with Crippen LogP contribution >= 0.6 is 8.54 Å². The number of esters is 2. The molecule has 0 fully saturated rings. The lowest BCUT2D eigenvalue weighted by Crippen LogP contribution is -2.24. The molecule has 7 heteroatoms. The van der Waals surface area contributed by atoms with Crippen molar-refractivity contribution in [3.8, 4) is 0 Å². The van der Waals surface area contributed by atoms with Crippen LogP contribution in [0.15, 0.2) is 0 Å². The Hall–Kier alpha value is -0.770. The Morgan fingerprint density at radius 3 is 2.27 bits per heavy atom. The molecule has 0 heterocycles. The van der Waals surface area contributed by atoms with Gasteiger partial charge in [-0.05, 0) is 12.8 Å². The molecule has 4 nitrogen and oxygen atoms in total. The molecule has 0 radical (unpaired) electrons. The quantitative estimate of drug-likeness (QED) is 0.422. The van der Waals surface area contributed by atoms with Crippen molar-refractivity contribution in [2.24, 2.45) is 0 Å². The first-order valence-electron chi connectivity index (χ1n) is 4.51. The molecule has 0 saturated heterocycles. The minimum Gasteiger partial charge on any atom is -0.457 e. The molecule has 0 spiro atoms. The Bertz CT molecular complexity index is 223. The predicted molar refractivity (Wildman–Crippen MR) is 50.6 cm³/mol. The van der Waals surface area contributed by atoms with Gasteiger partial charge >= 0.3 is 20.5 Å². The highest BCUT2D eigenvalue weighted by Gasteiger charge is 2.28. The first-order valence-corrected chi connectivity index (χ1v) is 5.70. The Kier molecular flexibility index (Phi) is 7.13. The van der Waals surface area contributed by atoms with Gasteiger partial charge in [0.2, 0.25) is 0 Å². The fourth-order valence-corrected chi connectivity index (χ4v) is 1.14. The van der Waals surface area contributed by atoms with Crippen LogP contribution in [0.3, 0.4) is 0 Å². The lowest BCUT2D eigenvalue weighted by Gasteiger charge is -2.12. The number of halogens is 2. The second-order valence-electron chi connectivity index (χ2n) is 2.66. The third-order valence-corrected chi connectivity index (χ3v) is 2.32. The van der Waals surface area contributed by atoms with Crippen LogP contribution in [0.2, 0.25) is 0 Å². The average Bonchev–Trinajstić information content (AvgIpc) is 2.21. The maximum Gasteiger partial charge on any atom is 0.418 e. The summed E-state index contributed by atoms with van der Waals surface area (Å²) in [5.74, 6) is -4.05. The van der Waals surface area contributed by atoms with Gasteiger partial charge in [0.05, 0.1) is 6.61 Å². The molecule has 0 saturated carbocycles. The van der Waals surface area contributed by atoms with E-state index in [9.17, 15) is 18.0 Å². The molecule has 0 rings (SSSR count). The van der Waals surface area contributed by atoms with E-state index >= 15 is 0 Å². The van der Waals surface area contributed by atoms with E-state index in [1.165, 1.54) is 6.92 Å². The smallest absolute Gasteiger partial charge is 0.418 e. The fraction of sp³-hybridized carbons (Fsp3) is 0.750. The molecule has 0 aliphatic heterocycles. The zero-order chi connectivity index (χ0) is 11.8. The largest absolute Gasteiger partial charge is 0.457 e. The summed E-state index contributed by atoms with van der Waals surface area (Å²) in [4.78, 5) is 21.7. The first kappa shape index (κ1) is 14.2. The summed E-state index contributed by atoms with van der Waals surface area (Å²) in [5.41, 5.74) is 0. The van der Waals surface area contributed by atoms with E-state index in [-0.39, 0.29) is 13.0 Å². The second-order valence-corrected chi connectivity index (χ2v) is 3.76. The lowest BCUT2D eigenvalue weighted by molar-refractivity contribution is -0.168. The van der Waals surface area contributed by atoms with Gasteiger partial charge < -0.3 is 9.47 Å². The summed E-state index contributed by atoms with van der Waals surface area (Å²) in [6.45, 7) is 3.27. The van der Waals surface area contributed by atoms with E-state index < -0.39 is 26.3 Å². The van der Waals surface area contributed by atoms with Gasteiger partial charge in [-0.1, -0.05) is 13.8 Å². The van der Waals surface area contributed by atoms with Crippen molar-refractivity contribution in [2.75, 3.05) is 6.61 Å². The van der Waals surface area contributed by atoms with Crippen LogP contribution in [0, 0.1) is 0 Å². The van der Waals surface area contributed by atoms with Crippen molar-refractivity contribution in [2.45, 2.75) is 32.5 Å². The molecule has 15 heavy (non-hydrogen) atoms. The van der Waals surface area contributed by atoms with Crippen LogP contribution in [0.1, 0.15) is 26.7 Å². The molecule has 0 aromatic carbocycles. The highest BCUT2D eigenvalue weighted by molar-refractivity contribution is 7.46. The molecular formula is C8H13F2O4P. The average molecular weight is 242 g/mol. The van der Waals surface area contributed by atoms with Crippen LogP contribution in [0.25, 0.3) is 0 Å². The van der Waals surface area contributed by atoms with Crippen LogP contribution in [0.5, 0.6) is 0 Å². The standard InChI is InChI=1S/C8H13F2O4P/c1-3-5-13-7(11)8(12)14-6(4-2)15(9)10/h6H,3-5H2,1-2H3. The number of hydrogen-bond donors (Lipinski definition) is 0. The topological polar surface area (TPSA) is 52.6 Å². The highest BCUT2D eigenvalue weighted by atomic mass is 31.2. The first-order chi connectivity index (χ1) is 7.02. The highest BCUT2D eigenvalue weighted by Crippen LogP contribution is 2.46. The maximum absolute atomic E-state index is 12.2. The SMILES string of the molecule is CCCOC(=O)C(=O)OC(CC)P(F)F. The molecule has 0 aliphatic rings. The molecule has 1 atom stereocenters. The summed E-state index contributed by atoms with van der Waals surface area (Å²) >= 11 is 0. The summed E-state index contributed by atoms with van der Waals surface area (Å²) in [5, 5.41) is 0.